The molecule has 1 N–H and O–H groups in total. The van der Waals surface area contributed by atoms with Gasteiger partial charge in [-0.3, -0.25) is 0 Å². The third kappa shape index (κ3) is 3.90. The van der Waals surface area contributed by atoms with Crippen LogP contribution < -0.4 is 5.32 Å². The van der Waals surface area contributed by atoms with E-state index in [1.807, 2.05) is 0 Å². The Hall–Kier alpha value is -2.18. The van der Waals surface area contributed by atoms with Crippen LogP contribution in [0.15, 0.2) is 36.4 Å². The molecule has 0 radical (unpaired) electrons. The van der Waals surface area contributed by atoms with Crippen LogP contribution in [0.4, 0.5) is 32.0 Å². The van der Waals surface area contributed by atoms with Crippen LogP contribution in [0, 0.1) is 17.5 Å². The molecule has 7 heteroatoms. The maximum atomic E-state index is 13.0. The third-order valence-corrected chi connectivity index (χ3v) is 2.72. The fourth-order valence-corrected chi connectivity index (χ4v) is 1.82. The van der Waals surface area contributed by atoms with E-state index in [2.05, 4.69) is 5.32 Å². The highest BCUT2D eigenvalue weighted by atomic mass is 19.4. The van der Waals surface area contributed by atoms with Gasteiger partial charge in [0.25, 0.3) is 0 Å². The standard InChI is InChI=1S/C14H9F6N/c15-9-2-1-8(13(6-9)14(18,19)20)7-21-12-4-10(16)3-11(17)5-12/h1-6,21H,7H2. The van der Waals surface area contributed by atoms with Gasteiger partial charge in [-0.2, -0.15) is 13.2 Å². The second-order valence-corrected chi connectivity index (χ2v) is 4.31. The summed E-state index contributed by atoms with van der Waals surface area (Å²) in [5.41, 5.74) is -1.37. The van der Waals surface area contributed by atoms with Crippen molar-refractivity contribution in [2.75, 3.05) is 5.32 Å². The normalized spacial score (nSPS) is 11.5. The molecule has 0 bridgehead atoms. The number of rotatable bonds is 3. The van der Waals surface area contributed by atoms with E-state index in [0.717, 1.165) is 24.3 Å². The van der Waals surface area contributed by atoms with Crippen molar-refractivity contribution in [2.45, 2.75) is 12.7 Å². The molecule has 0 aliphatic heterocycles. The highest BCUT2D eigenvalue weighted by Gasteiger charge is 2.33. The van der Waals surface area contributed by atoms with Crippen LogP contribution in [0.3, 0.4) is 0 Å². The van der Waals surface area contributed by atoms with Gasteiger partial charge < -0.3 is 5.32 Å². The van der Waals surface area contributed by atoms with Crippen molar-refractivity contribution in [1.29, 1.82) is 0 Å². The zero-order valence-electron chi connectivity index (χ0n) is 10.4. The first kappa shape index (κ1) is 15.2. The highest BCUT2D eigenvalue weighted by molar-refractivity contribution is 5.45. The van der Waals surface area contributed by atoms with Gasteiger partial charge in [0.05, 0.1) is 5.56 Å². The molecule has 0 aliphatic carbocycles. The van der Waals surface area contributed by atoms with Gasteiger partial charge in [0.15, 0.2) is 0 Å². The first-order valence-electron chi connectivity index (χ1n) is 5.81. The van der Waals surface area contributed by atoms with Gasteiger partial charge in [-0.25, -0.2) is 13.2 Å². The molecule has 0 unspecified atom stereocenters. The molecule has 112 valence electrons. The van der Waals surface area contributed by atoms with Crippen LogP contribution >= 0.6 is 0 Å². The predicted molar refractivity (Wildman–Crippen MR) is 65.1 cm³/mol. The molecular weight excluding hydrogens is 296 g/mol. The Bertz CT molecular complexity index is 630. The average molecular weight is 305 g/mol. The molecule has 2 rings (SSSR count). The Morgan fingerprint density at radius 2 is 1.43 bits per heavy atom. The number of hydrogen-bond acceptors (Lipinski definition) is 1. The maximum Gasteiger partial charge on any atom is 0.416 e. The molecule has 2 aromatic rings. The summed E-state index contributed by atoms with van der Waals surface area (Å²) in [5.74, 6) is -2.72. The van der Waals surface area contributed by atoms with Crippen LogP contribution in [0.1, 0.15) is 11.1 Å². The van der Waals surface area contributed by atoms with Crippen molar-refractivity contribution in [3.8, 4) is 0 Å². The van der Waals surface area contributed by atoms with E-state index in [-0.39, 0.29) is 17.8 Å². The highest BCUT2D eigenvalue weighted by Crippen LogP contribution is 2.32. The summed E-state index contributed by atoms with van der Waals surface area (Å²) >= 11 is 0. The number of nitrogens with one attached hydrogen (secondary N) is 1. The lowest BCUT2D eigenvalue weighted by Gasteiger charge is -2.14. The van der Waals surface area contributed by atoms with Gasteiger partial charge in [-0.15, -0.1) is 0 Å². The lowest BCUT2D eigenvalue weighted by atomic mass is 10.1. The van der Waals surface area contributed by atoms with E-state index >= 15 is 0 Å². The smallest absolute Gasteiger partial charge is 0.381 e. The second kappa shape index (κ2) is 5.67. The molecule has 21 heavy (non-hydrogen) atoms. The number of alkyl halides is 3. The Labute approximate surface area is 116 Å². The van der Waals surface area contributed by atoms with Gasteiger partial charge in [-0.1, -0.05) is 6.07 Å². The summed E-state index contributed by atoms with van der Waals surface area (Å²) in [4.78, 5) is 0. The number of anilines is 1. The van der Waals surface area contributed by atoms with Crippen molar-refractivity contribution in [3.05, 3.63) is 65.0 Å². The molecule has 0 amide bonds. The molecule has 2 aromatic carbocycles. The number of hydrogen-bond donors (Lipinski definition) is 1. The summed E-state index contributed by atoms with van der Waals surface area (Å²) in [7, 11) is 0. The fourth-order valence-electron chi connectivity index (χ4n) is 1.82. The quantitative estimate of drug-likeness (QED) is 0.808. The molecule has 0 aromatic heterocycles. The predicted octanol–water partition coefficient (Wildman–Crippen LogP) is 4.73. The largest absolute Gasteiger partial charge is 0.416 e. The summed E-state index contributed by atoms with van der Waals surface area (Å²) in [5, 5.41) is 2.47. The average Bonchev–Trinajstić information content (AvgIpc) is 2.35. The van der Waals surface area contributed by atoms with Crippen molar-refractivity contribution in [2.24, 2.45) is 0 Å². The van der Waals surface area contributed by atoms with Crippen LogP contribution in [-0.4, -0.2) is 0 Å². The zero-order chi connectivity index (χ0) is 15.6. The topological polar surface area (TPSA) is 12.0 Å². The third-order valence-electron chi connectivity index (χ3n) is 2.72. The second-order valence-electron chi connectivity index (χ2n) is 4.31. The van der Waals surface area contributed by atoms with Crippen LogP contribution in [0.5, 0.6) is 0 Å². The minimum absolute atomic E-state index is 0.00931. The van der Waals surface area contributed by atoms with Crippen LogP contribution in [-0.2, 0) is 12.7 Å². The molecule has 0 atom stereocenters. The monoisotopic (exact) mass is 305 g/mol. The zero-order valence-corrected chi connectivity index (χ0v) is 10.4. The fraction of sp³-hybridized carbons (Fsp3) is 0.143. The molecule has 0 heterocycles. The Balaban J connectivity index is 2.24. The van der Waals surface area contributed by atoms with Crippen LogP contribution in [0.2, 0.25) is 0 Å². The summed E-state index contributed by atoms with van der Waals surface area (Å²) in [6, 6.07) is 4.77. The van der Waals surface area contributed by atoms with E-state index in [1.54, 1.807) is 0 Å². The molecule has 0 spiro atoms. The molecule has 0 saturated heterocycles. The van der Waals surface area contributed by atoms with Gasteiger partial charge in [-0.05, 0) is 29.8 Å². The Morgan fingerprint density at radius 3 is 2.00 bits per heavy atom. The SMILES string of the molecule is Fc1cc(F)cc(NCc2ccc(F)cc2C(F)(F)F)c1. The summed E-state index contributed by atoms with van der Waals surface area (Å²) < 4.78 is 77.2. The maximum absolute atomic E-state index is 13.0. The van der Waals surface area contributed by atoms with E-state index in [9.17, 15) is 26.3 Å². The lowest BCUT2D eigenvalue weighted by Crippen LogP contribution is -2.12. The van der Waals surface area contributed by atoms with E-state index in [4.69, 9.17) is 0 Å². The number of halogens is 6. The Kier molecular flexibility index (Phi) is 4.11. The summed E-state index contributed by atoms with van der Waals surface area (Å²) in [6.45, 7) is -0.349. The van der Waals surface area contributed by atoms with E-state index < -0.39 is 29.2 Å². The van der Waals surface area contributed by atoms with Gasteiger partial charge >= 0.3 is 6.18 Å². The minimum Gasteiger partial charge on any atom is -0.381 e. The molecule has 0 saturated carbocycles. The van der Waals surface area contributed by atoms with Crippen molar-refractivity contribution in [1.82, 2.24) is 0 Å². The first-order chi connectivity index (χ1) is 9.75. The molecule has 0 aliphatic rings. The van der Waals surface area contributed by atoms with Crippen molar-refractivity contribution >= 4 is 5.69 Å². The Morgan fingerprint density at radius 1 is 0.810 bits per heavy atom. The number of benzene rings is 2. The van der Waals surface area contributed by atoms with Crippen molar-refractivity contribution < 1.29 is 26.3 Å². The van der Waals surface area contributed by atoms with Gasteiger partial charge in [0.1, 0.15) is 17.5 Å². The minimum atomic E-state index is -4.72. The van der Waals surface area contributed by atoms with E-state index in [0.29, 0.717) is 12.1 Å². The van der Waals surface area contributed by atoms with E-state index in [1.165, 1.54) is 0 Å². The van der Waals surface area contributed by atoms with Gasteiger partial charge in [0.2, 0.25) is 0 Å². The summed E-state index contributed by atoms with van der Waals surface area (Å²) in [6.07, 6.45) is -4.72. The molecular formula is C14H9F6N. The van der Waals surface area contributed by atoms with Crippen LogP contribution in [0.25, 0.3) is 0 Å². The molecule has 0 fully saturated rings. The molecule has 1 nitrogen and oxygen atoms in total. The van der Waals surface area contributed by atoms with Crippen molar-refractivity contribution in [3.63, 3.8) is 0 Å². The van der Waals surface area contributed by atoms with Gasteiger partial charge in [0, 0.05) is 18.3 Å². The first-order valence-corrected chi connectivity index (χ1v) is 5.81. The lowest BCUT2D eigenvalue weighted by molar-refractivity contribution is -0.138.